The molecule has 10 rings (SSSR count). The summed E-state index contributed by atoms with van der Waals surface area (Å²) in [6, 6.07) is 11.5. The number of nitriles is 1. The first-order valence-electron chi connectivity index (χ1n) is 16.8. The van der Waals surface area contributed by atoms with Gasteiger partial charge < -0.3 is 13.6 Å². The van der Waals surface area contributed by atoms with E-state index in [1.165, 1.54) is 16.7 Å². The van der Waals surface area contributed by atoms with Crippen LogP contribution >= 0.6 is 0 Å². The zero-order chi connectivity index (χ0) is 33.4. The summed E-state index contributed by atoms with van der Waals surface area (Å²) in [6.07, 6.45) is 8.86. The third-order valence-corrected chi connectivity index (χ3v) is 10.8. The van der Waals surface area contributed by atoms with Gasteiger partial charge in [-0.25, -0.2) is 23.8 Å². The van der Waals surface area contributed by atoms with Gasteiger partial charge in [0, 0.05) is 18.7 Å². The summed E-state index contributed by atoms with van der Waals surface area (Å²) < 4.78 is 37.6. The van der Waals surface area contributed by atoms with Crippen molar-refractivity contribution in [1.82, 2.24) is 23.9 Å². The van der Waals surface area contributed by atoms with Crippen molar-refractivity contribution < 1.29 is 18.0 Å². The van der Waals surface area contributed by atoms with Crippen LogP contribution in [0.15, 0.2) is 61.0 Å². The van der Waals surface area contributed by atoms with Crippen molar-refractivity contribution >= 4 is 22.1 Å². The molecule has 4 aromatic heterocycles. The summed E-state index contributed by atoms with van der Waals surface area (Å²) in [7, 11) is 0. The number of fused-ring (bicyclic) bond motifs is 7. The summed E-state index contributed by atoms with van der Waals surface area (Å²) in [5, 5.41) is 9.59. The van der Waals surface area contributed by atoms with Gasteiger partial charge in [-0.15, -0.1) is 0 Å². The van der Waals surface area contributed by atoms with E-state index in [1.54, 1.807) is 29.1 Å². The van der Waals surface area contributed by atoms with Crippen LogP contribution in [0.25, 0.3) is 44.7 Å². The van der Waals surface area contributed by atoms with Crippen molar-refractivity contribution in [3.63, 3.8) is 0 Å². The Balaban J connectivity index is 1.22. The third kappa shape index (κ3) is 4.78. The number of hydrogen-bond acceptors (Lipinski definition) is 8. The Morgan fingerprint density at radius 3 is 2.63 bits per heavy atom. The summed E-state index contributed by atoms with van der Waals surface area (Å²) in [4.78, 5) is 37.1. The van der Waals surface area contributed by atoms with Gasteiger partial charge in [-0.3, -0.25) is 14.0 Å². The van der Waals surface area contributed by atoms with E-state index in [-0.39, 0.29) is 23.1 Å². The largest absolute Gasteiger partial charge is 0.441 e. The first kappa shape index (κ1) is 29.8. The molecule has 1 saturated carbocycles. The van der Waals surface area contributed by atoms with Gasteiger partial charge in [-0.1, -0.05) is 12.1 Å². The van der Waals surface area contributed by atoms with Gasteiger partial charge in [-0.05, 0) is 92.7 Å². The number of oxazole rings is 2. The number of aryl methyl sites for hydroxylation is 3. The van der Waals surface area contributed by atoms with Gasteiger partial charge in [0.05, 0.1) is 53.2 Å². The van der Waals surface area contributed by atoms with Gasteiger partial charge in [0.2, 0.25) is 5.89 Å². The zero-order valence-electron chi connectivity index (χ0n) is 27.0. The molecule has 0 radical (unpaired) electrons. The lowest BCUT2D eigenvalue weighted by atomic mass is 9.68. The van der Waals surface area contributed by atoms with E-state index in [2.05, 4.69) is 4.98 Å². The number of nitrogens with zero attached hydrogens (tertiary/aromatic N) is 6. The molecule has 0 amide bonds. The average molecular weight is 661 g/mol. The quantitative estimate of drug-likeness (QED) is 0.201. The smallest absolute Gasteiger partial charge is 0.420 e. The number of halogens is 1. The molecule has 2 saturated heterocycles. The van der Waals surface area contributed by atoms with E-state index in [9.17, 15) is 14.0 Å². The van der Waals surface area contributed by atoms with Gasteiger partial charge in [0.15, 0.2) is 11.2 Å². The molecular weight excluding hydrogens is 627 g/mol. The lowest BCUT2D eigenvalue weighted by molar-refractivity contribution is -0.117. The van der Waals surface area contributed by atoms with Crippen LogP contribution in [-0.2, 0) is 30.8 Å². The summed E-state index contributed by atoms with van der Waals surface area (Å²) in [5.74, 6) is -0.231. The lowest BCUT2D eigenvalue weighted by Gasteiger charge is -2.46. The van der Waals surface area contributed by atoms with Crippen molar-refractivity contribution in [1.29, 1.82) is 5.26 Å². The van der Waals surface area contributed by atoms with Crippen LogP contribution in [0.4, 0.5) is 4.39 Å². The van der Waals surface area contributed by atoms with Gasteiger partial charge >= 0.3 is 5.76 Å². The van der Waals surface area contributed by atoms with Crippen LogP contribution < -0.4 is 11.3 Å². The zero-order valence-corrected chi connectivity index (χ0v) is 27.0. The molecule has 2 aromatic carbocycles. The SMILES string of the molecule is Cc1cnc(-c2c(CCC34CCC(CC3)OC4)nc3c(c2-c2ccc4c(c2)oc(=O)n4Cc2ccc(C#N)c(F)c2)c(=O)n2n3CCC2)o1. The van der Waals surface area contributed by atoms with Crippen molar-refractivity contribution in [2.45, 2.75) is 77.6 Å². The second-order valence-electron chi connectivity index (χ2n) is 13.8. The topological polar surface area (TPSA) is 134 Å². The molecule has 11 nitrogen and oxygen atoms in total. The van der Waals surface area contributed by atoms with Crippen LogP contribution in [-0.4, -0.2) is 36.6 Å². The average Bonchev–Trinajstić information content (AvgIpc) is 3.90. The lowest BCUT2D eigenvalue weighted by Crippen LogP contribution is -2.42. The minimum absolute atomic E-state index is 0.0536. The Kier molecular flexibility index (Phi) is 6.78. The maximum Gasteiger partial charge on any atom is 0.420 e. The van der Waals surface area contributed by atoms with E-state index in [0.717, 1.165) is 50.8 Å². The molecule has 2 bridgehead atoms. The predicted molar refractivity (Wildman–Crippen MR) is 177 cm³/mol. The molecule has 248 valence electrons. The number of benzene rings is 2. The molecule has 6 aromatic rings. The Bertz CT molecular complexity index is 2450. The standard InChI is InChI=1S/C37H33FN6O5/c1-21-18-40-34(48-21)31-27(9-12-37-10-7-25(8-11-37)47-20-37)41-33-32(35(45)44-14-2-13-43(33)44)30(31)23-5-6-28-29(16-23)49-36(46)42(28)19-22-3-4-24(17-39)26(38)15-22/h3-6,15-16,18,25H,2,7-14,19-20H2,1H3. The molecule has 0 N–H and O–H groups in total. The van der Waals surface area contributed by atoms with Crippen molar-refractivity contribution in [2.75, 3.05) is 6.61 Å². The van der Waals surface area contributed by atoms with Gasteiger partial charge in [0.25, 0.3) is 5.56 Å². The monoisotopic (exact) mass is 660 g/mol. The van der Waals surface area contributed by atoms with Crippen LogP contribution in [0.1, 0.15) is 61.1 Å². The van der Waals surface area contributed by atoms with Gasteiger partial charge in [-0.2, -0.15) is 5.26 Å². The van der Waals surface area contributed by atoms with Crippen LogP contribution in [0, 0.1) is 29.5 Å². The second-order valence-corrected chi connectivity index (χ2v) is 13.8. The third-order valence-electron chi connectivity index (χ3n) is 10.8. The summed E-state index contributed by atoms with van der Waals surface area (Å²) >= 11 is 0. The fourth-order valence-corrected chi connectivity index (χ4v) is 8.17. The van der Waals surface area contributed by atoms with Crippen LogP contribution in [0.3, 0.4) is 0 Å². The highest BCUT2D eigenvalue weighted by molar-refractivity contribution is 6.02. The molecule has 12 heteroatoms. The number of pyridine rings is 1. The number of ether oxygens (including phenoxy) is 1. The van der Waals surface area contributed by atoms with Crippen molar-refractivity contribution in [2.24, 2.45) is 5.41 Å². The van der Waals surface area contributed by atoms with E-state index in [0.29, 0.717) is 81.7 Å². The van der Waals surface area contributed by atoms with E-state index < -0.39 is 11.6 Å². The maximum absolute atomic E-state index is 14.4. The van der Waals surface area contributed by atoms with Crippen molar-refractivity contribution in [3.8, 4) is 28.7 Å². The summed E-state index contributed by atoms with van der Waals surface area (Å²) in [5.41, 5.74) is 4.66. The highest BCUT2D eigenvalue weighted by atomic mass is 19.1. The highest BCUT2D eigenvalue weighted by Gasteiger charge is 2.41. The van der Waals surface area contributed by atoms with Crippen LogP contribution in [0.5, 0.6) is 0 Å². The van der Waals surface area contributed by atoms with Crippen molar-refractivity contribution in [3.05, 3.63) is 91.9 Å². The molecule has 0 atom stereocenters. The first-order chi connectivity index (χ1) is 23.8. The van der Waals surface area contributed by atoms with E-state index in [1.807, 2.05) is 23.7 Å². The maximum atomic E-state index is 14.4. The minimum Gasteiger partial charge on any atom is -0.441 e. The Morgan fingerprint density at radius 2 is 1.90 bits per heavy atom. The molecule has 0 unspecified atom stereocenters. The molecule has 4 aliphatic rings. The highest BCUT2D eigenvalue weighted by Crippen LogP contribution is 2.47. The number of aromatic nitrogens is 5. The first-order valence-corrected chi connectivity index (χ1v) is 16.8. The second kappa shape index (κ2) is 11.1. The summed E-state index contributed by atoms with van der Waals surface area (Å²) in [6.45, 7) is 3.93. The number of rotatable bonds is 7. The normalized spacial score (nSPS) is 20.0. The molecule has 7 heterocycles. The van der Waals surface area contributed by atoms with E-state index in [4.69, 9.17) is 23.8 Å². The van der Waals surface area contributed by atoms with E-state index >= 15 is 0 Å². The Labute approximate surface area is 279 Å². The molecule has 3 fully saturated rings. The Morgan fingerprint density at radius 1 is 1.06 bits per heavy atom. The number of hydrogen-bond donors (Lipinski definition) is 0. The molecule has 0 spiro atoms. The predicted octanol–water partition coefficient (Wildman–Crippen LogP) is 6.09. The molecule has 49 heavy (non-hydrogen) atoms. The van der Waals surface area contributed by atoms with Crippen LogP contribution in [0.2, 0.25) is 0 Å². The molecule has 3 aliphatic heterocycles. The van der Waals surface area contributed by atoms with Gasteiger partial charge in [0.1, 0.15) is 17.6 Å². The minimum atomic E-state index is -0.649. The fraction of sp³-hybridized carbons (Fsp3) is 0.378. The molecular formula is C37H33FN6O5. The fourth-order valence-electron chi connectivity index (χ4n) is 8.17. The molecule has 1 aliphatic carbocycles. The Hall–Kier alpha value is -5.28.